The maximum absolute atomic E-state index is 13.7. The van der Waals surface area contributed by atoms with Crippen LogP contribution in [0.1, 0.15) is 61.7 Å². The van der Waals surface area contributed by atoms with E-state index in [-0.39, 0.29) is 12.1 Å². The van der Waals surface area contributed by atoms with Crippen LogP contribution in [0.2, 0.25) is 0 Å². The van der Waals surface area contributed by atoms with Gasteiger partial charge in [-0.25, -0.2) is 9.97 Å². The zero-order valence-corrected chi connectivity index (χ0v) is 23.3. The Labute approximate surface area is 268 Å². The normalized spacial score (nSPS) is 12.9. The van der Waals surface area contributed by atoms with Crippen molar-refractivity contribution in [2.75, 3.05) is 0 Å². The topological polar surface area (TPSA) is 192 Å². The number of nitrogens with zero attached hydrogens (tertiary/aromatic N) is 9. The van der Waals surface area contributed by atoms with Gasteiger partial charge in [0.2, 0.25) is 0 Å². The first-order chi connectivity index (χ1) is 23.0. The van der Waals surface area contributed by atoms with Gasteiger partial charge in [0.25, 0.3) is 0 Å². The van der Waals surface area contributed by atoms with Gasteiger partial charge in [0.15, 0.2) is 11.4 Å². The quantitative estimate of drug-likeness (QED) is 0.316. The average Bonchev–Trinajstić information content (AvgIpc) is 3.02. The first-order valence-electron chi connectivity index (χ1n) is 12.2. The van der Waals surface area contributed by atoms with Gasteiger partial charge in [-0.05, 0) is 18.2 Å². The predicted octanol–water partition coefficient (Wildman–Crippen LogP) is 5.36. The molecule has 0 N–H and O–H groups in total. The van der Waals surface area contributed by atoms with Gasteiger partial charge in [-0.15, -0.1) is 0 Å². The lowest BCUT2D eigenvalue weighted by molar-refractivity contribution is -0.151. The number of alkyl halides is 12. The summed E-state index contributed by atoms with van der Waals surface area (Å²) in [6.07, 6.45) is -22.8. The van der Waals surface area contributed by atoms with Crippen molar-refractivity contribution in [2.24, 2.45) is 0 Å². The largest absolute Gasteiger partial charge is 0.434 e. The van der Waals surface area contributed by atoms with Crippen LogP contribution in [-0.2, 0) is 24.7 Å². The van der Waals surface area contributed by atoms with Crippen LogP contribution in [0.4, 0.5) is 52.7 Å². The molecule has 2 aromatic heterocycles. The molecule has 9 nitrogen and oxygen atoms in total. The highest BCUT2D eigenvalue weighted by atomic mass is 19.4. The van der Waals surface area contributed by atoms with E-state index in [2.05, 4.69) is 9.97 Å². The molecule has 0 saturated heterocycles. The van der Waals surface area contributed by atoms with E-state index in [1.54, 1.807) is 0 Å². The van der Waals surface area contributed by atoms with Crippen LogP contribution in [0.15, 0.2) is 18.2 Å². The molecule has 0 spiro atoms. The molecule has 0 amide bonds. The van der Waals surface area contributed by atoms with Crippen molar-refractivity contribution < 1.29 is 52.7 Å². The van der Waals surface area contributed by atoms with E-state index >= 15 is 0 Å². The molecule has 0 atom stereocenters. The van der Waals surface area contributed by atoms with Gasteiger partial charge in [-0.3, -0.25) is 0 Å². The fourth-order valence-electron chi connectivity index (χ4n) is 4.38. The van der Waals surface area contributed by atoms with Crippen molar-refractivity contribution in [1.82, 2.24) is 9.97 Å². The number of hydrogen-bond acceptors (Lipinski definition) is 9. The Morgan fingerprint density at radius 3 is 1.14 bits per heavy atom. The second-order valence-corrected chi connectivity index (χ2v) is 9.18. The van der Waals surface area contributed by atoms with E-state index in [0.29, 0.717) is 6.07 Å². The van der Waals surface area contributed by atoms with E-state index in [0.717, 1.165) is 24.3 Å². The van der Waals surface area contributed by atoms with Crippen LogP contribution in [0.3, 0.4) is 0 Å². The first kappa shape index (κ1) is 37.3. The van der Waals surface area contributed by atoms with Gasteiger partial charge in [0, 0.05) is 21.6 Å². The number of aromatic nitrogens is 2. The van der Waals surface area contributed by atoms with Crippen LogP contribution in [0.25, 0.3) is 11.1 Å². The van der Waals surface area contributed by atoms with Crippen molar-refractivity contribution >= 4 is 11.1 Å². The highest BCUT2D eigenvalue weighted by Crippen LogP contribution is 2.39. The molecule has 21 heteroatoms. The SMILES string of the molecule is N#C/C(c1cc(C(F)(F)F)nc(C(F)(F)F)c1C#N)=c1/cc(C#N)/c(=C(/C#N)c2cc(C(F)(F)F)nc(C(F)(F)F)c2C#N)c(C#N)c1C#N. The molecule has 0 aliphatic heterocycles. The molecule has 3 rings (SSSR count). The van der Waals surface area contributed by atoms with Gasteiger partial charge < -0.3 is 0 Å². The highest BCUT2D eigenvalue weighted by molar-refractivity contribution is 5.85. The Kier molecular flexibility index (Phi) is 9.55. The molecule has 248 valence electrons. The number of hydrogen-bond donors (Lipinski definition) is 0. The molecule has 0 unspecified atom stereocenters. The van der Waals surface area contributed by atoms with Crippen molar-refractivity contribution in [3.63, 3.8) is 0 Å². The van der Waals surface area contributed by atoms with E-state index in [1.807, 2.05) is 0 Å². The summed E-state index contributed by atoms with van der Waals surface area (Å²) >= 11 is 0. The summed E-state index contributed by atoms with van der Waals surface area (Å²) in [5.41, 5.74) is -22.5. The lowest BCUT2D eigenvalue weighted by Crippen LogP contribution is -2.27. The predicted molar refractivity (Wildman–Crippen MR) is 134 cm³/mol. The van der Waals surface area contributed by atoms with Crippen molar-refractivity contribution in [1.29, 1.82) is 36.8 Å². The number of pyridine rings is 2. The Morgan fingerprint density at radius 2 is 0.840 bits per heavy atom. The third kappa shape index (κ3) is 6.64. The monoisotopic (exact) mass is 705 g/mol. The third-order valence-corrected chi connectivity index (χ3v) is 6.33. The molecule has 0 bridgehead atoms. The molecule has 0 aliphatic carbocycles. The molecule has 0 saturated carbocycles. The Hall–Kier alpha value is -7.15. The molecule has 0 radical (unpaired) electrons. The molecule has 0 fully saturated rings. The zero-order chi connectivity index (χ0) is 38.1. The average molecular weight is 705 g/mol. The van der Waals surface area contributed by atoms with Crippen LogP contribution < -0.4 is 10.4 Å². The van der Waals surface area contributed by atoms with Gasteiger partial charge in [-0.2, -0.15) is 89.5 Å². The van der Waals surface area contributed by atoms with Crippen LogP contribution in [-0.4, -0.2) is 9.97 Å². The van der Waals surface area contributed by atoms with Gasteiger partial charge in [-0.1, -0.05) is 0 Å². The second-order valence-electron chi connectivity index (χ2n) is 9.18. The van der Waals surface area contributed by atoms with Crippen LogP contribution in [0, 0.1) is 79.3 Å². The lowest BCUT2D eigenvalue weighted by atomic mass is 9.88. The summed E-state index contributed by atoms with van der Waals surface area (Å²) in [5, 5.41) is 66.2. The minimum atomic E-state index is -5.77. The molecule has 1 aromatic carbocycles. The fraction of sp³-hybridized carbons (Fsp3) is 0.138. The summed E-state index contributed by atoms with van der Waals surface area (Å²) in [6, 6.07) is 7.80. The minimum Gasteiger partial charge on any atom is -0.237 e. The van der Waals surface area contributed by atoms with Crippen molar-refractivity contribution in [3.05, 3.63) is 90.4 Å². The minimum absolute atomic E-state index is 0.195. The Morgan fingerprint density at radius 1 is 0.460 bits per heavy atom. The third-order valence-electron chi connectivity index (χ3n) is 6.33. The number of benzene rings is 1. The van der Waals surface area contributed by atoms with Gasteiger partial charge in [0.05, 0.1) is 45.0 Å². The summed E-state index contributed by atoms with van der Waals surface area (Å²) in [6.45, 7) is 0. The van der Waals surface area contributed by atoms with E-state index in [1.165, 1.54) is 18.2 Å². The Balaban J connectivity index is 2.85. The maximum atomic E-state index is 13.7. The van der Waals surface area contributed by atoms with Crippen molar-refractivity contribution in [3.8, 4) is 42.5 Å². The van der Waals surface area contributed by atoms with Gasteiger partial charge in [0.1, 0.15) is 47.8 Å². The molecule has 50 heavy (non-hydrogen) atoms. The Bertz CT molecular complexity index is 2400. The van der Waals surface area contributed by atoms with E-state index in [4.69, 9.17) is 0 Å². The lowest BCUT2D eigenvalue weighted by Gasteiger charge is -2.16. The molecular weight excluding hydrogens is 702 g/mol. The van der Waals surface area contributed by atoms with Crippen LogP contribution in [0.5, 0.6) is 0 Å². The number of nitriles is 7. The fourth-order valence-corrected chi connectivity index (χ4v) is 4.38. The van der Waals surface area contributed by atoms with E-state index < -0.39 is 108 Å². The maximum Gasteiger partial charge on any atom is 0.434 e. The molecule has 3 aromatic rings. The van der Waals surface area contributed by atoms with Gasteiger partial charge >= 0.3 is 24.7 Å². The molecule has 2 heterocycles. The first-order valence-corrected chi connectivity index (χ1v) is 12.2. The highest BCUT2D eigenvalue weighted by Gasteiger charge is 2.44. The summed E-state index contributed by atoms with van der Waals surface area (Å²) < 4.78 is 164. The number of rotatable bonds is 2. The van der Waals surface area contributed by atoms with Crippen LogP contribution >= 0.6 is 0 Å². The smallest absolute Gasteiger partial charge is 0.237 e. The summed E-state index contributed by atoms with van der Waals surface area (Å²) in [7, 11) is 0. The van der Waals surface area contributed by atoms with E-state index in [9.17, 15) is 89.5 Å². The summed E-state index contributed by atoms with van der Waals surface area (Å²) in [5.74, 6) is 0. The summed E-state index contributed by atoms with van der Waals surface area (Å²) in [4.78, 5) is 4.83. The zero-order valence-electron chi connectivity index (χ0n) is 23.3. The molecule has 0 aliphatic rings. The number of halogens is 12. The second kappa shape index (κ2) is 12.8. The van der Waals surface area contributed by atoms with Crippen molar-refractivity contribution in [2.45, 2.75) is 24.7 Å². The standard InChI is InChI=1S/C29H3F12N9/c30-26(31,32)21-2-13(19(9-47)24(49-21)28(36,37)38)15(5-43)12-1-11(4-42)23(18(8-46)16(12)6-44)17(7-45)14-3-22(27(33,34)35)50-25(20(14)10-48)29(39,40)41/h1-3H/b15-12+,23-17+. The molecular formula is C29H3F12N9.